The smallest absolute Gasteiger partial charge is 0.220 e. The first-order valence-electron chi connectivity index (χ1n) is 10.4. The Labute approximate surface area is 167 Å². The van der Waals surface area contributed by atoms with Gasteiger partial charge in [-0.05, 0) is 39.2 Å². The number of amides is 1. The van der Waals surface area contributed by atoms with Crippen molar-refractivity contribution in [2.75, 3.05) is 18.4 Å². The van der Waals surface area contributed by atoms with Gasteiger partial charge in [0, 0.05) is 31.3 Å². The van der Waals surface area contributed by atoms with E-state index in [2.05, 4.69) is 25.7 Å². The second kappa shape index (κ2) is 9.66. The zero-order chi connectivity index (χ0) is 19.9. The molecule has 0 spiro atoms. The summed E-state index contributed by atoms with van der Waals surface area (Å²) in [6, 6.07) is 3.91. The minimum absolute atomic E-state index is 0.148. The molecule has 7 heteroatoms. The maximum Gasteiger partial charge on any atom is 0.220 e. The van der Waals surface area contributed by atoms with Crippen LogP contribution in [0.3, 0.4) is 0 Å². The van der Waals surface area contributed by atoms with Crippen molar-refractivity contribution in [3.63, 3.8) is 0 Å². The number of anilines is 1. The Bertz CT molecular complexity index is 794. The lowest BCUT2D eigenvalue weighted by Crippen LogP contribution is -2.29. The van der Waals surface area contributed by atoms with Crippen molar-refractivity contribution in [2.45, 2.75) is 65.7 Å². The summed E-state index contributed by atoms with van der Waals surface area (Å²) >= 11 is 0. The van der Waals surface area contributed by atoms with E-state index in [1.807, 2.05) is 37.6 Å². The Morgan fingerprint density at radius 2 is 1.89 bits per heavy atom. The molecule has 0 saturated heterocycles. The van der Waals surface area contributed by atoms with Crippen LogP contribution in [0.2, 0.25) is 0 Å². The Hall–Kier alpha value is -2.44. The van der Waals surface area contributed by atoms with E-state index in [0.717, 1.165) is 35.4 Å². The Kier molecular flexibility index (Phi) is 7.01. The van der Waals surface area contributed by atoms with Gasteiger partial charge >= 0.3 is 0 Å². The van der Waals surface area contributed by atoms with E-state index in [1.54, 1.807) is 0 Å². The highest BCUT2D eigenvalue weighted by Gasteiger charge is 2.14. The lowest BCUT2D eigenvalue weighted by Gasteiger charge is -2.21. The Morgan fingerprint density at radius 3 is 2.61 bits per heavy atom. The number of rotatable bonds is 8. The first-order chi connectivity index (χ1) is 13.5. The summed E-state index contributed by atoms with van der Waals surface area (Å²) in [5.74, 6) is 3.07. The molecular weight excluding hydrogens is 352 g/mol. The average molecular weight is 385 g/mol. The van der Waals surface area contributed by atoms with Gasteiger partial charge in [0.2, 0.25) is 5.91 Å². The number of nitrogens with one attached hydrogen (secondary N) is 2. The number of aryl methyl sites for hydroxylation is 3. The molecule has 1 amide bonds. The third-order valence-electron chi connectivity index (χ3n) is 5.31. The summed E-state index contributed by atoms with van der Waals surface area (Å²) in [5, 5.41) is 10.8. The fraction of sp³-hybridized carbons (Fsp3) is 0.619. The molecule has 28 heavy (non-hydrogen) atoms. The summed E-state index contributed by atoms with van der Waals surface area (Å²) < 4.78 is 1.82. The SMILES string of the molecule is Cc1cc(C)n(-c2cc(NCCNC(=O)CCC3CCCCC3)nc(C)n2)n1. The lowest BCUT2D eigenvalue weighted by molar-refractivity contribution is -0.121. The number of nitrogens with zero attached hydrogens (tertiary/aromatic N) is 4. The van der Waals surface area contributed by atoms with Crippen LogP contribution in [0.5, 0.6) is 0 Å². The second-order valence-corrected chi connectivity index (χ2v) is 7.82. The summed E-state index contributed by atoms with van der Waals surface area (Å²) in [7, 11) is 0. The van der Waals surface area contributed by atoms with Crippen LogP contribution in [0.1, 0.15) is 62.2 Å². The third-order valence-corrected chi connectivity index (χ3v) is 5.31. The molecule has 2 heterocycles. The van der Waals surface area contributed by atoms with Gasteiger partial charge in [-0.25, -0.2) is 14.6 Å². The van der Waals surface area contributed by atoms with Crippen molar-refractivity contribution >= 4 is 11.7 Å². The van der Waals surface area contributed by atoms with Gasteiger partial charge in [-0.1, -0.05) is 32.1 Å². The van der Waals surface area contributed by atoms with Gasteiger partial charge in [0.25, 0.3) is 0 Å². The molecule has 7 nitrogen and oxygen atoms in total. The van der Waals surface area contributed by atoms with Gasteiger partial charge in [-0.2, -0.15) is 5.10 Å². The van der Waals surface area contributed by atoms with E-state index in [0.29, 0.717) is 25.3 Å². The van der Waals surface area contributed by atoms with Gasteiger partial charge < -0.3 is 10.6 Å². The van der Waals surface area contributed by atoms with Gasteiger partial charge in [-0.3, -0.25) is 4.79 Å². The molecule has 1 aliphatic carbocycles. The van der Waals surface area contributed by atoms with Crippen LogP contribution >= 0.6 is 0 Å². The summed E-state index contributed by atoms with van der Waals surface area (Å²) in [6.45, 7) is 7.05. The molecule has 2 aromatic heterocycles. The molecular formula is C21H32N6O. The largest absolute Gasteiger partial charge is 0.368 e. The lowest BCUT2D eigenvalue weighted by atomic mass is 9.86. The standard InChI is InChI=1S/C21H32N6O/c1-15-13-16(2)27(26-15)20-14-19(24-17(3)25-20)22-11-12-23-21(28)10-9-18-7-5-4-6-8-18/h13-14,18H,4-12H2,1-3H3,(H,23,28)(H,22,24,25). The number of hydrogen-bond acceptors (Lipinski definition) is 5. The quantitative estimate of drug-likeness (QED) is 0.681. The van der Waals surface area contributed by atoms with E-state index in [9.17, 15) is 4.79 Å². The minimum Gasteiger partial charge on any atom is -0.368 e. The summed E-state index contributed by atoms with van der Waals surface area (Å²) in [6.07, 6.45) is 8.26. The van der Waals surface area contributed by atoms with E-state index >= 15 is 0 Å². The number of carbonyl (C=O) groups is 1. The number of carbonyl (C=O) groups excluding carboxylic acids is 1. The van der Waals surface area contributed by atoms with Gasteiger partial charge in [0.05, 0.1) is 5.69 Å². The first-order valence-corrected chi connectivity index (χ1v) is 10.4. The normalized spacial score (nSPS) is 14.8. The van der Waals surface area contributed by atoms with Crippen LogP contribution in [-0.4, -0.2) is 38.7 Å². The molecule has 2 N–H and O–H groups in total. The molecule has 0 aromatic carbocycles. The second-order valence-electron chi connectivity index (χ2n) is 7.82. The average Bonchev–Trinajstić information content (AvgIpc) is 3.02. The number of hydrogen-bond donors (Lipinski definition) is 2. The first kappa shape index (κ1) is 20.3. The van der Waals surface area contributed by atoms with E-state index in [1.165, 1.54) is 32.1 Å². The Balaban J connectivity index is 1.44. The van der Waals surface area contributed by atoms with Crippen molar-refractivity contribution in [2.24, 2.45) is 5.92 Å². The van der Waals surface area contributed by atoms with Crippen LogP contribution in [0.4, 0.5) is 5.82 Å². The van der Waals surface area contributed by atoms with E-state index < -0.39 is 0 Å². The third kappa shape index (κ3) is 5.78. The highest BCUT2D eigenvalue weighted by Crippen LogP contribution is 2.27. The predicted molar refractivity (Wildman–Crippen MR) is 111 cm³/mol. The Morgan fingerprint density at radius 1 is 1.11 bits per heavy atom. The molecule has 0 radical (unpaired) electrons. The zero-order valence-corrected chi connectivity index (χ0v) is 17.3. The van der Waals surface area contributed by atoms with Crippen molar-refractivity contribution in [1.82, 2.24) is 25.1 Å². The maximum atomic E-state index is 12.1. The number of aromatic nitrogens is 4. The van der Waals surface area contributed by atoms with Crippen molar-refractivity contribution in [3.05, 3.63) is 29.3 Å². The monoisotopic (exact) mass is 384 g/mol. The van der Waals surface area contributed by atoms with Crippen LogP contribution in [-0.2, 0) is 4.79 Å². The molecule has 3 rings (SSSR count). The fourth-order valence-electron chi connectivity index (χ4n) is 3.90. The molecule has 0 aliphatic heterocycles. The highest BCUT2D eigenvalue weighted by atomic mass is 16.1. The fourth-order valence-corrected chi connectivity index (χ4v) is 3.90. The van der Waals surface area contributed by atoms with Crippen molar-refractivity contribution in [3.8, 4) is 5.82 Å². The molecule has 0 atom stereocenters. The van der Waals surface area contributed by atoms with Crippen LogP contribution in [0, 0.1) is 26.7 Å². The topological polar surface area (TPSA) is 84.7 Å². The molecule has 0 bridgehead atoms. The molecule has 1 aliphatic rings. The van der Waals surface area contributed by atoms with E-state index in [4.69, 9.17) is 0 Å². The predicted octanol–water partition coefficient (Wildman–Crippen LogP) is 3.48. The summed E-state index contributed by atoms with van der Waals surface area (Å²) in [4.78, 5) is 21.0. The maximum absolute atomic E-state index is 12.1. The molecule has 1 fully saturated rings. The van der Waals surface area contributed by atoms with Crippen molar-refractivity contribution < 1.29 is 4.79 Å². The van der Waals surface area contributed by atoms with Crippen LogP contribution < -0.4 is 10.6 Å². The zero-order valence-electron chi connectivity index (χ0n) is 17.3. The summed E-state index contributed by atoms with van der Waals surface area (Å²) in [5.41, 5.74) is 1.99. The van der Waals surface area contributed by atoms with Crippen molar-refractivity contribution in [1.29, 1.82) is 0 Å². The van der Waals surface area contributed by atoms with Gasteiger partial charge in [-0.15, -0.1) is 0 Å². The minimum atomic E-state index is 0.148. The molecule has 152 valence electrons. The highest BCUT2D eigenvalue weighted by molar-refractivity contribution is 5.75. The van der Waals surface area contributed by atoms with Gasteiger partial charge in [0.15, 0.2) is 5.82 Å². The van der Waals surface area contributed by atoms with E-state index in [-0.39, 0.29) is 5.91 Å². The van der Waals surface area contributed by atoms with Gasteiger partial charge in [0.1, 0.15) is 11.6 Å². The van der Waals surface area contributed by atoms with Crippen LogP contribution in [0.25, 0.3) is 5.82 Å². The molecule has 1 saturated carbocycles. The molecule has 2 aromatic rings. The molecule has 0 unspecified atom stereocenters. The van der Waals surface area contributed by atoms with Crippen LogP contribution in [0.15, 0.2) is 12.1 Å².